The Morgan fingerprint density at radius 3 is 2.89 bits per heavy atom. The van der Waals surface area contributed by atoms with Crippen LogP contribution in [0.1, 0.15) is 19.3 Å². The van der Waals surface area contributed by atoms with Crippen molar-refractivity contribution in [3.05, 3.63) is 28.8 Å². The third-order valence-electron chi connectivity index (χ3n) is 3.82. The molecular weight excluding hydrogens is 244 g/mol. The molecule has 6 nitrogen and oxygen atoms in total. The molecule has 3 rings (SSSR count). The maximum absolute atomic E-state index is 11.6. The van der Waals surface area contributed by atoms with Crippen LogP contribution >= 0.6 is 0 Å². The minimum Gasteiger partial charge on any atom is -0.397 e. The number of nitrogens with one attached hydrogen (secondary N) is 2. The molecule has 1 saturated carbocycles. The van der Waals surface area contributed by atoms with Gasteiger partial charge in [-0.3, -0.25) is 4.79 Å². The SMILES string of the molecule is Nc1cc2c(=O)[nH]cnc2cc1NC1(CO)CCC1. The lowest BCUT2D eigenvalue weighted by molar-refractivity contribution is 0.144. The van der Waals surface area contributed by atoms with E-state index in [1.54, 1.807) is 12.1 Å². The minimum atomic E-state index is -0.275. The number of fused-ring (bicyclic) bond motifs is 1. The number of anilines is 2. The number of aromatic nitrogens is 2. The summed E-state index contributed by atoms with van der Waals surface area (Å²) in [5.41, 5.74) is 7.30. The van der Waals surface area contributed by atoms with E-state index in [1.165, 1.54) is 6.33 Å². The number of nitrogen functional groups attached to an aromatic ring is 1. The lowest BCUT2D eigenvalue weighted by Crippen LogP contribution is -2.48. The van der Waals surface area contributed by atoms with Crippen molar-refractivity contribution in [2.45, 2.75) is 24.8 Å². The van der Waals surface area contributed by atoms with Gasteiger partial charge in [-0.2, -0.15) is 0 Å². The third-order valence-corrected chi connectivity index (χ3v) is 3.82. The van der Waals surface area contributed by atoms with E-state index >= 15 is 0 Å². The van der Waals surface area contributed by atoms with Crippen LogP contribution in [-0.2, 0) is 0 Å². The zero-order valence-electron chi connectivity index (χ0n) is 10.4. The largest absolute Gasteiger partial charge is 0.397 e. The molecule has 0 radical (unpaired) electrons. The predicted octanol–water partition coefficient (Wildman–Crippen LogP) is 0.832. The second kappa shape index (κ2) is 4.24. The number of aliphatic hydroxyl groups excluding tert-OH is 1. The number of benzene rings is 1. The molecule has 100 valence electrons. The van der Waals surface area contributed by atoms with Crippen molar-refractivity contribution < 1.29 is 5.11 Å². The van der Waals surface area contributed by atoms with Gasteiger partial charge in [-0.05, 0) is 31.4 Å². The molecule has 0 amide bonds. The van der Waals surface area contributed by atoms with Crippen LogP contribution in [0.2, 0.25) is 0 Å². The molecule has 0 unspecified atom stereocenters. The molecule has 0 atom stereocenters. The molecule has 1 aromatic carbocycles. The molecule has 0 saturated heterocycles. The van der Waals surface area contributed by atoms with Gasteiger partial charge in [0, 0.05) is 0 Å². The van der Waals surface area contributed by atoms with Gasteiger partial charge in [0.1, 0.15) is 0 Å². The summed E-state index contributed by atoms with van der Waals surface area (Å²) in [6.45, 7) is 0.0767. The number of aliphatic hydroxyl groups is 1. The first-order chi connectivity index (χ1) is 9.13. The van der Waals surface area contributed by atoms with E-state index < -0.39 is 0 Å². The van der Waals surface area contributed by atoms with Gasteiger partial charge in [-0.25, -0.2) is 4.98 Å². The first-order valence-corrected chi connectivity index (χ1v) is 6.29. The molecular formula is C13H16N4O2. The zero-order valence-corrected chi connectivity index (χ0v) is 10.4. The molecule has 1 aromatic heterocycles. The maximum atomic E-state index is 11.6. The van der Waals surface area contributed by atoms with Crippen LogP contribution in [-0.4, -0.2) is 27.2 Å². The van der Waals surface area contributed by atoms with Crippen LogP contribution < -0.4 is 16.6 Å². The highest BCUT2D eigenvalue weighted by Crippen LogP contribution is 2.37. The second-order valence-electron chi connectivity index (χ2n) is 5.11. The standard InChI is InChI=1S/C13H16N4O2/c14-9-4-8-10(15-7-16-12(8)19)5-11(9)17-13(6-18)2-1-3-13/h4-5,7,17-18H,1-3,6,14H2,(H,15,16,19). The average Bonchev–Trinajstić information content (AvgIpc) is 2.35. The van der Waals surface area contributed by atoms with Crippen molar-refractivity contribution >= 4 is 22.3 Å². The number of hydrogen-bond donors (Lipinski definition) is 4. The van der Waals surface area contributed by atoms with Gasteiger partial charge < -0.3 is 21.1 Å². The van der Waals surface area contributed by atoms with Crippen molar-refractivity contribution in [2.75, 3.05) is 17.7 Å². The Bertz CT molecular complexity index is 670. The highest BCUT2D eigenvalue weighted by Gasteiger charge is 2.36. The normalized spacial score (nSPS) is 17.1. The number of rotatable bonds is 3. The number of aromatic amines is 1. The number of nitrogens with two attached hydrogens (primary N) is 1. The van der Waals surface area contributed by atoms with Gasteiger partial charge in [0.2, 0.25) is 0 Å². The van der Waals surface area contributed by atoms with E-state index in [2.05, 4.69) is 15.3 Å². The molecule has 0 aliphatic heterocycles. The van der Waals surface area contributed by atoms with E-state index in [9.17, 15) is 9.90 Å². The Kier molecular flexibility index (Phi) is 2.67. The smallest absolute Gasteiger partial charge is 0.258 e. The summed E-state index contributed by atoms with van der Waals surface area (Å²) in [4.78, 5) is 18.3. The molecule has 5 N–H and O–H groups in total. The maximum Gasteiger partial charge on any atom is 0.258 e. The fourth-order valence-electron chi connectivity index (χ4n) is 2.45. The van der Waals surface area contributed by atoms with Crippen molar-refractivity contribution in [1.29, 1.82) is 0 Å². The fraction of sp³-hybridized carbons (Fsp3) is 0.385. The topological polar surface area (TPSA) is 104 Å². The van der Waals surface area contributed by atoms with Gasteiger partial charge in [0.25, 0.3) is 5.56 Å². The van der Waals surface area contributed by atoms with E-state index in [1.807, 2.05) is 0 Å². The van der Waals surface area contributed by atoms with Crippen LogP contribution in [0.3, 0.4) is 0 Å². The van der Waals surface area contributed by atoms with Crippen LogP contribution in [0, 0.1) is 0 Å². The lowest BCUT2D eigenvalue weighted by Gasteiger charge is -2.42. The summed E-state index contributed by atoms with van der Waals surface area (Å²) in [5, 5.41) is 13.2. The summed E-state index contributed by atoms with van der Waals surface area (Å²) < 4.78 is 0. The van der Waals surface area contributed by atoms with Crippen molar-refractivity contribution in [1.82, 2.24) is 9.97 Å². The monoisotopic (exact) mass is 260 g/mol. The highest BCUT2D eigenvalue weighted by atomic mass is 16.3. The summed E-state index contributed by atoms with van der Waals surface area (Å²) in [5.74, 6) is 0. The van der Waals surface area contributed by atoms with Gasteiger partial charge in [0.15, 0.2) is 0 Å². The number of hydrogen-bond acceptors (Lipinski definition) is 5. The molecule has 0 spiro atoms. The second-order valence-corrected chi connectivity index (χ2v) is 5.11. The molecule has 1 aliphatic rings. The first-order valence-electron chi connectivity index (χ1n) is 6.29. The van der Waals surface area contributed by atoms with Crippen molar-refractivity contribution in [3.8, 4) is 0 Å². The molecule has 1 heterocycles. The van der Waals surface area contributed by atoms with Gasteiger partial charge in [0.05, 0.1) is 40.8 Å². The Morgan fingerprint density at radius 1 is 1.47 bits per heavy atom. The van der Waals surface area contributed by atoms with Gasteiger partial charge in [-0.1, -0.05) is 0 Å². The quantitative estimate of drug-likeness (QED) is 0.612. The number of nitrogens with zero attached hydrogens (tertiary/aromatic N) is 1. The van der Waals surface area contributed by atoms with E-state index in [4.69, 9.17) is 5.73 Å². The lowest BCUT2D eigenvalue weighted by atomic mass is 9.77. The number of H-pyrrole nitrogens is 1. The van der Waals surface area contributed by atoms with Crippen LogP contribution in [0.25, 0.3) is 10.9 Å². The van der Waals surface area contributed by atoms with E-state index in [0.29, 0.717) is 16.6 Å². The van der Waals surface area contributed by atoms with Crippen LogP contribution in [0.15, 0.2) is 23.3 Å². The van der Waals surface area contributed by atoms with Crippen LogP contribution in [0.5, 0.6) is 0 Å². The molecule has 6 heteroatoms. The molecule has 1 fully saturated rings. The van der Waals surface area contributed by atoms with Crippen molar-refractivity contribution in [3.63, 3.8) is 0 Å². The molecule has 2 aromatic rings. The van der Waals surface area contributed by atoms with Gasteiger partial charge >= 0.3 is 0 Å². The average molecular weight is 260 g/mol. The third kappa shape index (κ3) is 1.94. The summed E-state index contributed by atoms with van der Waals surface area (Å²) >= 11 is 0. The minimum absolute atomic E-state index is 0.0767. The summed E-state index contributed by atoms with van der Waals surface area (Å²) in [6.07, 6.45) is 4.31. The predicted molar refractivity (Wildman–Crippen MR) is 74.1 cm³/mol. The summed E-state index contributed by atoms with van der Waals surface area (Å²) in [7, 11) is 0. The Labute approximate surface area is 109 Å². The summed E-state index contributed by atoms with van der Waals surface area (Å²) in [6, 6.07) is 3.38. The Balaban J connectivity index is 2.05. The Hall–Kier alpha value is -2.08. The highest BCUT2D eigenvalue weighted by molar-refractivity contribution is 5.88. The molecule has 1 aliphatic carbocycles. The van der Waals surface area contributed by atoms with Crippen LogP contribution in [0.4, 0.5) is 11.4 Å². The van der Waals surface area contributed by atoms with E-state index in [0.717, 1.165) is 24.9 Å². The van der Waals surface area contributed by atoms with E-state index in [-0.39, 0.29) is 17.7 Å². The first kappa shape index (κ1) is 12.0. The van der Waals surface area contributed by atoms with Crippen molar-refractivity contribution in [2.24, 2.45) is 0 Å². The Morgan fingerprint density at radius 2 is 2.26 bits per heavy atom. The molecule has 0 bridgehead atoms. The fourth-order valence-corrected chi connectivity index (χ4v) is 2.45. The zero-order chi connectivity index (χ0) is 13.5. The molecule has 19 heavy (non-hydrogen) atoms. The van der Waals surface area contributed by atoms with Gasteiger partial charge in [-0.15, -0.1) is 0 Å².